The van der Waals surface area contributed by atoms with E-state index >= 15 is 0 Å². The Balaban J connectivity index is 3.76. The lowest BCUT2D eigenvalue weighted by molar-refractivity contribution is -0.137. The van der Waals surface area contributed by atoms with Crippen molar-refractivity contribution in [2.24, 2.45) is 0 Å². The first kappa shape index (κ1) is 9.55. The first-order chi connectivity index (χ1) is 5.20. The zero-order valence-corrected chi connectivity index (χ0v) is 6.24. The number of methoxy groups -OCH3 is 1. The second-order valence-electron chi connectivity index (χ2n) is 1.61. The van der Waals surface area contributed by atoms with E-state index in [9.17, 15) is 4.79 Å². The highest BCUT2D eigenvalue weighted by Crippen LogP contribution is 1.89. The topological polar surface area (TPSA) is 55.8 Å². The lowest BCUT2D eigenvalue weighted by Crippen LogP contribution is -2.02. The van der Waals surface area contributed by atoms with Crippen molar-refractivity contribution >= 4 is 5.97 Å². The predicted octanol–water partition coefficient (Wildman–Crippen LogP) is 0.761. The van der Waals surface area contributed by atoms with E-state index in [1.165, 1.54) is 13.2 Å². The number of aliphatic hydroxyl groups is 1. The summed E-state index contributed by atoms with van der Waals surface area (Å²) in [5, 5.41) is 8.64. The van der Waals surface area contributed by atoms with Crippen molar-refractivity contribution in [2.45, 2.75) is 0 Å². The van der Waals surface area contributed by atoms with Crippen molar-refractivity contribution in [1.29, 1.82) is 0 Å². The Hall–Kier alpha value is -1.45. The molecule has 0 bridgehead atoms. The van der Waals surface area contributed by atoms with Crippen LogP contribution >= 0.6 is 0 Å². The van der Waals surface area contributed by atoms with Gasteiger partial charge in [-0.1, -0.05) is 12.7 Å². The van der Waals surface area contributed by atoms with Crippen molar-refractivity contribution in [1.82, 2.24) is 0 Å². The summed E-state index contributed by atoms with van der Waals surface area (Å²) in [6, 6.07) is 0. The van der Waals surface area contributed by atoms with Crippen LogP contribution in [0.25, 0.3) is 0 Å². The molecule has 0 saturated carbocycles. The maximum atomic E-state index is 10.6. The SMILES string of the molecule is C=CCOC(=O)/C=C(/O)OC. The van der Waals surface area contributed by atoms with Gasteiger partial charge in [-0.15, -0.1) is 0 Å². The minimum atomic E-state index is -0.663. The summed E-state index contributed by atoms with van der Waals surface area (Å²) in [5.74, 6) is -1.14. The van der Waals surface area contributed by atoms with E-state index in [1.807, 2.05) is 0 Å². The number of carbonyl (C=O) groups excluding carboxylic acids is 1. The lowest BCUT2D eigenvalue weighted by Gasteiger charge is -1.97. The van der Waals surface area contributed by atoms with Crippen LogP contribution in [-0.2, 0) is 14.3 Å². The average molecular weight is 158 g/mol. The van der Waals surface area contributed by atoms with Crippen LogP contribution in [0, 0.1) is 0 Å². The largest absolute Gasteiger partial charge is 0.481 e. The van der Waals surface area contributed by atoms with E-state index in [0.717, 1.165) is 6.08 Å². The molecule has 0 aliphatic rings. The molecule has 0 fully saturated rings. The molecule has 0 unspecified atom stereocenters. The molecule has 4 heteroatoms. The number of carbonyl (C=O) groups is 1. The summed E-state index contributed by atoms with van der Waals surface area (Å²) >= 11 is 0. The summed E-state index contributed by atoms with van der Waals surface area (Å²) in [6.45, 7) is 3.46. The van der Waals surface area contributed by atoms with Gasteiger partial charge in [0.2, 0.25) is 0 Å². The Morgan fingerprint density at radius 1 is 1.73 bits per heavy atom. The van der Waals surface area contributed by atoms with E-state index in [4.69, 9.17) is 5.11 Å². The van der Waals surface area contributed by atoms with E-state index < -0.39 is 11.9 Å². The molecular formula is C7H10O4. The van der Waals surface area contributed by atoms with Crippen molar-refractivity contribution < 1.29 is 19.4 Å². The quantitative estimate of drug-likeness (QED) is 0.284. The second-order valence-corrected chi connectivity index (χ2v) is 1.61. The fourth-order valence-electron chi connectivity index (χ4n) is 0.342. The van der Waals surface area contributed by atoms with Gasteiger partial charge in [0.1, 0.15) is 12.7 Å². The first-order valence-electron chi connectivity index (χ1n) is 2.93. The Morgan fingerprint density at radius 3 is 2.82 bits per heavy atom. The zero-order valence-electron chi connectivity index (χ0n) is 6.24. The molecule has 0 atom stereocenters. The molecule has 0 aromatic rings. The average Bonchev–Trinajstić information content (AvgIpc) is 2.00. The molecule has 0 rings (SSSR count). The summed E-state index contributed by atoms with van der Waals surface area (Å²) < 4.78 is 8.78. The van der Waals surface area contributed by atoms with Gasteiger partial charge in [0, 0.05) is 0 Å². The van der Waals surface area contributed by atoms with Gasteiger partial charge < -0.3 is 14.6 Å². The van der Waals surface area contributed by atoms with Crippen molar-refractivity contribution in [2.75, 3.05) is 13.7 Å². The van der Waals surface area contributed by atoms with Crippen LogP contribution < -0.4 is 0 Å². The minimum Gasteiger partial charge on any atom is -0.481 e. The van der Waals surface area contributed by atoms with Gasteiger partial charge in [-0.3, -0.25) is 0 Å². The van der Waals surface area contributed by atoms with E-state index in [1.54, 1.807) is 0 Å². The van der Waals surface area contributed by atoms with Gasteiger partial charge in [-0.25, -0.2) is 4.79 Å². The van der Waals surface area contributed by atoms with E-state index in [-0.39, 0.29) is 6.61 Å². The highest BCUT2D eigenvalue weighted by Gasteiger charge is 1.98. The van der Waals surface area contributed by atoms with E-state index in [0.29, 0.717) is 0 Å². The number of aliphatic hydroxyl groups excluding tert-OH is 1. The Morgan fingerprint density at radius 2 is 2.36 bits per heavy atom. The highest BCUT2D eigenvalue weighted by molar-refractivity contribution is 5.82. The normalized spacial score (nSPS) is 10.5. The zero-order chi connectivity index (χ0) is 8.69. The molecular weight excluding hydrogens is 148 g/mol. The third kappa shape index (κ3) is 5.02. The van der Waals surface area contributed by atoms with Gasteiger partial charge in [-0.2, -0.15) is 0 Å². The number of hydrogen-bond acceptors (Lipinski definition) is 4. The van der Waals surface area contributed by atoms with Gasteiger partial charge in [0.05, 0.1) is 7.11 Å². The van der Waals surface area contributed by atoms with Crippen LogP contribution in [0.5, 0.6) is 0 Å². The maximum absolute atomic E-state index is 10.6. The molecule has 62 valence electrons. The highest BCUT2D eigenvalue weighted by atomic mass is 16.6. The van der Waals surface area contributed by atoms with E-state index in [2.05, 4.69) is 16.1 Å². The van der Waals surface area contributed by atoms with Crippen LogP contribution in [0.1, 0.15) is 0 Å². The monoisotopic (exact) mass is 158 g/mol. The smallest absolute Gasteiger partial charge is 0.338 e. The van der Waals surface area contributed by atoms with Crippen LogP contribution in [0.3, 0.4) is 0 Å². The molecule has 4 nitrogen and oxygen atoms in total. The molecule has 0 radical (unpaired) electrons. The minimum absolute atomic E-state index is 0.117. The molecule has 0 amide bonds. The molecule has 0 heterocycles. The molecule has 0 aromatic heterocycles. The molecule has 1 N–H and O–H groups in total. The summed E-state index contributed by atoms with van der Waals surface area (Å²) in [4.78, 5) is 10.6. The van der Waals surface area contributed by atoms with Crippen molar-refractivity contribution in [3.63, 3.8) is 0 Å². The predicted molar refractivity (Wildman–Crippen MR) is 38.9 cm³/mol. The molecule has 0 aromatic carbocycles. The standard InChI is InChI=1S/C7H10O4/c1-3-4-11-7(9)5-6(8)10-2/h3,5,8H,1,4H2,2H3/b6-5-. The number of hydrogen-bond donors (Lipinski definition) is 1. The number of rotatable bonds is 4. The third-order valence-corrected chi connectivity index (χ3v) is 0.794. The number of ether oxygens (including phenoxy) is 2. The summed E-state index contributed by atoms with van der Waals surface area (Å²) in [6.07, 6.45) is 2.26. The first-order valence-corrected chi connectivity index (χ1v) is 2.93. The van der Waals surface area contributed by atoms with Crippen LogP contribution in [0.2, 0.25) is 0 Å². The third-order valence-electron chi connectivity index (χ3n) is 0.794. The molecule has 0 saturated heterocycles. The Bertz CT molecular complexity index is 171. The van der Waals surface area contributed by atoms with Crippen LogP contribution in [0.4, 0.5) is 0 Å². The molecule has 0 spiro atoms. The second kappa shape index (κ2) is 5.34. The van der Waals surface area contributed by atoms with Gasteiger partial charge in [0.15, 0.2) is 0 Å². The van der Waals surface area contributed by atoms with Gasteiger partial charge in [0.25, 0.3) is 5.95 Å². The van der Waals surface area contributed by atoms with Crippen LogP contribution in [-0.4, -0.2) is 24.8 Å². The maximum Gasteiger partial charge on any atom is 0.338 e. The Kier molecular flexibility index (Phi) is 4.64. The fourth-order valence-corrected chi connectivity index (χ4v) is 0.342. The lowest BCUT2D eigenvalue weighted by atomic mass is 10.6. The Labute approximate surface area is 64.7 Å². The van der Waals surface area contributed by atoms with Crippen molar-refractivity contribution in [3.8, 4) is 0 Å². The van der Waals surface area contributed by atoms with Gasteiger partial charge >= 0.3 is 5.97 Å². The van der Waals surface area contributed by atoms with Crippen LogP contribution in [0.15, 0.2) is 24.7 Å². The molecule has 0 aliphatic heterocycles. The fraction of sp³-hybridized carbons (Fsp3) is 0.286. The van der Waals surface area contributed by atoms with Crippen molar-refractivity contribution in [3.05, 3.63) is 24.7 Å². The number of esters is 1. The molecule has 0 aliphatic carbocycles. The summed E-state index contributed by atoms with van der Waals surface area (Å²) in [7, 11) is 1.24. The summed E-state index contributed by atoms with van der Waals surface area (Å²) in [5.41, 5.74) is 0. The molecule has 11 heavy (non-hydrogen) atoms. The van der Waals surface area contributed by atoms with Gasteiger partial charge in [-0.05, 0) is 0 Å².